The van der Waals surface area contributed by atoms with E-state index in [1.165, 1.54) is 25.7 Å². The fourth-order valence-corrected chi connectivity index (χ4v) is 1.08. The molecule has 0 aliphatic heterocycles. The van der Waals surface area contributed by atoms with E-state index < -0.39 is 0 Å². The molecule has 0 heterocycles. The van der Waals surface area contributed by atoms with E-state index in [-0.39, 0.29) is 0 Å². The van der Waals surface area contributed by atoms with E-state index in [9.17, 15) is 0 Å². The first-order valence-electron chi connectivity index (χ1n) is 4.25. The predicted molar refractivity (Wildman–Crippen MR) is 50.4 cm³/mol. The minimum atomic E-state index is 1.14. The molecule has 0 N–H and O–H groups in total. The van der Waals surface area contributed by atoms with Gasteiger partial charge in [0.05, 0.1) is 0 Å². The fraction of sp³-hybridized carbons (Fsp3) is 1.00. The summed E-state index contributed by atoms with van der Waals surface area (Å²) in [6.45, 7) is 6.70. The lowest BCUT2D eigenvalue weighted by Crippen LogP contribution is -2.14. The molecule has 10 heavy (non-hydrogen) atoms. The Morgan fingerprint density at radius 1 is 1.00 bits per heavy atom. The van der Waals surface area contributed by atoms with Crippen LogP contribution in [0.3, 0.4) is 0 Å². The summed E-state index contributed by atoms with van der Waals surface area (Å²) >= 11 is 4.33. The highest BCUT2D eigenvalue weighted by atomic mass is 32.1. The highest BCUT2D eigenvalue weighted by molar-refractivity contribution is 7.77. The van der Waals surface area contributed by atoms with Gasteiger partial charge < -0.3 is 0 Å². The van der Waals surface area contributed by atoms with Gasteiger partial charge >= 0.3 is 0 Å². The van der Waals surface area contributed by atoms with Crippen molar-refractivity contribution in [2.75, 3.05) is 13.1 Å². The number of hydrogen-bond donors (Lipinski definition) is 1. The van der Waals surface area contributed by atoms with Crippen molar-refractivity contribution >= 4 is 12.8 Å². The van der Waals surface area contributed by atoms with Crippen molar-refractivity contribution in [3.05, 3.63) is 0 Å². The van der Waals surface area contributed by atoms with Crippen LogP contribution in [-0.2, 0) is 0 Å². The smallest absolute Gasteiger partial charge is 0.00868 e. The maximum Gasteiger partial charge on any atom is 0.00868 e. The van der Waals surface area contributed by atoms with Crippen molar-refractivity contribution < 1.29 is 0 Å². The lowest BCUT2D eigenvalue weighted by molar-refractivity contribution is 0.449. The first kappa shape index (κ1) is 10.3. The Hall–Kier alpha value is 0.310. The van der Waals surface area contributed by atoms with E-state index >= 15 is 0 Å². The third-order valence-electron chi connectivity index (χ3n) is 1.54. The molecule has 0 saturated heterocycles. The highest BCUT2D eigenvalue weighted by Crippen LogP contribution is 2.00. The molecule has 0 radical (unpaired) electrons. The third-order valence-corrected chi connectivity index (χ3v) is 1.94. The number of nitrogens with zero attached hydrogens (tertiary/aromatic N) is 1. The Kier molecular flexibility index (Phi) is 7.65. The van der Waals surface area contributed by atoms with Gasteiger partial charge in [-0.1, -0.05) is 39.5 Å². The molecule has 0 unspecified atom stereocenters. The molecular weight excluding hydrogens is 142 g/mol. The standard InChI is InChI=1S/C8H19NS/c1-3-5-7-9(10)8-6-4-2/h10H,3-8H2,1-2H3. The van der Waals surface area contributed by atoms with Gasteiger partial charge in [-0.2, -0.15) is 0 Å². The minimum Gasteiger partial charge on any atom is -0.253 e. The second kappa shape index (κ2) is 7.42. The van der Waals surface area contributed by atoms with Gasteiger partial charge in [0, 0.05) is 13.1 Å². The fourth-order valence-electron chi connectivity index (χ4n) is 0.793. The maximum absolute atomic E-state index is 4.33. The molecule has 0 spiro atoms. The summed E-state index contributed by atoms with van der Waals surface area (Å²) < 4.78 is 2.12. The van der Waals surface area contributed by atoms with Gasteiger partial charge in [0.15, 0.2) is 0 Å². The average molecular weight is 161 g/mol. The van der Waals surface area contributed by atoms with Gasteiger partial charge in [-0.05, 0) is 12.8 Å². The molecular formula is C8H19NS. The summed E-state index contributed by atoms with van der Waals surface area (Å²) in [6.07, 6.45) is 5.08. The topological polar surface area (TPSA) is 3.24 Å². The Labute approximate surface area is 70.3 Å². The van der Waals surface area contributed by atoms with Gasteiger partial charge in [-0.15, -0.1) is 0 Å². The molecule has 62 valence electrons. The van der Waals surface area contributed by atoms with E-state index in [2.05, 4.69) is 31.0 Å². The Morgan fingerprint density at radius 2 is 1.40 bits per heavy atom. The van der Waals surface area contributed by atoms with E-state index in [0.717, 1.165) is 13.1 Å². The molecule has 0 atom stereocenters. The second-order valence-corrected chi connectivity index (χ2v) is 3.23. The second-order valence-electron chi connectivity index (χ2n) is 2.66. The quantitative estimate of drug-likeness (QED) is 0.586. The molecule has 0 fully saturated rings. The van der Waals surface area contributed by atoms with Crippen molar-refractivity contribution in [1.29, 1.82) is 0 Å². The number of thiol groups is 1. The molecule has 0 bridgehead atoms. The first-order valence-corrected chi connectivity index (χ1v) is 4.65. The Morgan fingerprint density at radius 3 is 1.70 bits per heavy atom. The molecule has 0 aliphatic rings. The van der Waals surface area contributed by atoms with Crippen LogP contribution in [0, 0.1) is 0 Å². The molecule has 0 saturated carbocycles. The molecule has 0 aromatic rings. The van der Waals surface area contributed by atoms with Crippen LogP contribution in [0.25, 0.3) is 0 Å². The largest absolute Gasteiger partial charge is 0.253 e. The molecule has 0 amide bonds. The number of unbranched alkanes of at least 4 members (excludes halogenated alkanes) is 2. The summed E-state index contributed by atoms with van der Waals surface area (Å²) in [5.41, 5.74) is 0. The van der Waals surface area contributed by atoms with Gasteiger partial charge in [0.25, 0.3) is 0 Å². The van der Waals surface area contributed by atoms with Gasteiger partial charge in [0.1, 0.15) is 0 Å². The monoisotopic (exact) mass is 161 g/mol. The Balaban J connectivity index is 3.00. The van der Waals surface area contributed by atoms with Crippen LogP contribution in [0.4, 0.5) is 0 Å². The summed E-state index contributed by atoms with van der Waals surface area (Å²) in [5.74, 6) is 0. The predicted octanol–water partition coefficient (Wildman–Crippen LogP) is 2.73. The lowest BCUT2D eigenvalue weighted by Gasteiger charge is -2.13. The van der Waals surface area contributed by atoms with E-state index in [1.807, 2.05) is 0 Å². The van der Waals surface area contributed by atoms with Crippen LogP contribution in [0.2, 0.25) is 0 Å². The lowest BCUT2D eigenvalue weighted by atomic mass is 10.3. The molecule has 0 aromatic heterocycles. The van der Waals surface area contributed by atoms with Gasteiger partial charge in [0.2, 0.25) is 0 Å². The zero-order chi connectivity index (χ0) is 7.82. The molecule has 0 aliphatic carbocycles. The SMILES string of the molecule is CCCCN(S)CCCC. The van der Waals surface area contributed by atoms with Crippen LogP contribution >= 0.6 is 12.8 Å². The summed E-state index contributed by atoms with van der Waals surface area (Å²) in [7, 11) is 0. The average Bonchev–Trinajstić information content (AvgIpc) is 1.97. The van der Waals surface area contributed by atoms with E-state index in [1.54, 1.807) is 0 Å². The van der Waals surface area contributed by atoms with Crippen LogP contribution in [0.15, 0.2) is 0 Å². The van der Waals surface area contributed by atoms with Crippen molar-refractivity contribution in [3.63, 3.8) is 0 Å². The van der Waals surface area contributed by atoms with Crippen LogP contribution in [0.1, 0.15) is 39.5 Å². The van der Waals surface area contributed by atoms with Crippen molar-refractivity contribution in [2.24, 2.45) is 0 Å². The summed E-state index contributed by atoms with van der Waals surface area (Å²) in [6, 6.07) is 0. The zero-order valence-electron chi connectivity index (χ0n) is 7.14. The summed E-state index contributed by atoms with van der Waals surface area (Å²) in [5, 5.41) is 0. The van der Waals surface area contributed by atoms with Crippen LogP contribution in [0.5, 0.6) is 0 Å². The van der Waals surface area contributed by atoms with Crippen molar-refractivity contribution in [1.82, 2.24) is 4.31 Å². The Bertz CT molecular complexity index is 58.3. The molecule has 2 heteroatoms. The van der Waals surface area contributed by atoms with Crippen LogP contribution in [-0.4, -0.2) is 17.4 Å². The zero-order valence-corrected chi connectivity index (χ0v) is 8.03. The summed E-state index contributed by atoms with van der Waals surface area (Å²) in [4.78, 5) is 0. The number of rotatable bonds is 6. The third kappa shape index (κ3) is 6.43. The van der Waals surface area contributed by atoms with Crippen LogP contribution < -0.4 is 0 Å². The van der Waals surface area contributed by atoms with Crippen molar-refractivity contribution in [2.45, 2.75) is 39.5 Å². The highest BCUT2D eigenvalue weighted by Gasteiger charge is 1.95. The normalized spacial score (nSPS) is 10.8. The minimum absolute atomic E-state index is 1.14. The molecule has 0 rings (SSSR count). The maximum atomic E-state index is 4.33. The van der Waals surface area contributed by atoms with Gasteiger partial charge in [-0.3, -0.25) is 4.31 Å². The molecule has 0 aromatic carbocycles. The van der Waals surface area contributed by atoms with Crippen molar-refractivity contribution in [3.8, 4) is 0 Å². The molecule has 1 nitrogen and oxygen atoms in total. The van der Waals surface area contributed by atoms with E-state index in [0.29, 0.717) is 0 Å². The van der Waals surface area contributed by atoms with E-state index in [4.69, 9.17) is 0 Å². The number of hydrogen-bond acceptors (Lipinski definition) is 2. The van der Waals surface area contributed by atoms with Gasteiger partial charge in [-0.25, -0.2) is 0 Å². The first-order chi connectivity index (χ1) is 4.81.